The van der Waals surface area contributed by atoms with Crippen LogP contribution in [0.4, 0.5) is 24.8 Å². The van der Waals surface area contributed by atoms with Crippen molar-refractivity contribution in [3.8, 4) is 17.4 Å². The van der Waals surface area contributed by atoms with Crippen molar-refractivity contribution in [2.75, 3.05) is 17.7 Å². The summed E-state index contributed by atoms with van der Waals surface area (Å²) in [6.07, 6.45) is 7.59. The number of benzene rings is 1. The molecule has 0 spiro atoms. The molecule has 8 nitrogen and oxygen atoms in total. The summed E-state index contributed by atoms with van der Waals surface area (Å²) < 4.78 is 47.5. The van der Waals surface area contributed by atoms with E-state index in [1.807, 2.05) is 0 Å². The first kappa shape index (κ1) is 21.9. The summed E-state index contributed by atoms with van der Waals surface area (Å²) in [7, 11) is 1.51. The van der Waals surface area contributed by atoms with Crippen LogP contribution < -0.4 is 15.4 Å². The van der Waals surface area contributed by atoms with Gasteiger partial charge in [-0.25, -0.2) is 28.1 Å². The molecule has 1 saturated carbocycles. The van der Waals surface area contributed by atoms with Gasteiger partial charge in [0.2, 0.25) is 0 Å². The molecule has 0 radical (unpaired) electrons. The fourth-order valence-electron chi connectivity index (χ4n) is 4.31. The minimum atomic E-state index is -0.719. The summed E-state index contributed by atoms with van der Waals surface area (Å²) >= 11 is 0. The lowest BCUT2D eigenvalue weighted by Gasteiger charge is -2.31. The zero-order chi connectivity index (χ0) is 23.7. The normalized spacial score (nSPS) is 18.1. The number of fused-ring (bicyclic) bond motifs is 1. The number of ether oxygens (including phenoxy) is 1. The van der Waals surface area contributed by atoms with Crippen molar-refractivity contribution in [1.29, 1.82) is 0 Å². The van der Waals surface area contributed by atoms with Gasteiger partial charge in [-0.1, -0.05) is 0 Å². The second-order valence-corrected chi connectivity index (χ2v) is 8.18. The number of H-pyrrole nitrogens is 1. The van der Waals surface area contributed by atoms with E-state index in [2.05, 4.69) is 35.6 Å². The average molecular weight is 469 g/mol. The fraction of sp³-hybridized carbons (Fsp3) is 0.304. The van der Waals surface area contributed by atoms with Gasteiger partial charge in [-0.15, -0.1) is 0 Å². The standard InChI is InChI=1S/C23H22F3N7O/c1-34-23-27-6-5-19(32-23)30-13-3-2-4-14(9-13)31-22-18(26)11-29-21(33-22)16-10-28-20-15(16)7-12(24)8-17(20)25/h5-8,10-11,13-14,28H,2-4,9H2,1H3,(H,27,30,32)(H,29,31,33). The monoisotopic (exact) mass is 469 g/mol. The lowest BCUT2D eigenvalue weighted by molar-refractivity contribution is 0.379. The smallest absolute Gasteiger partial charge is 0.318 e. The molecule has 3 N–H and O–H groups in total. The minimum absolute atomic E-state index is 0.0370. The number of aromatic amines is 1. The Hall–Kier alpha value is -3.89. The lowest BCUT2D eigenvalue weighted by atomic mass is 9.91. The van der Waals surface area contributed by atoms with Crippen molar-refractivity contribution in [1.82, 2.24) is 24.9 Å². The molecule has 0 bridgehead atoms. The van der Waals surface area contributed by atoms with Crippen LogP contribution in [-0.4, -0.2) is 44.1 Å². The molecule has 0 saturated heterocycles. The highest BCUT2D eigenvalue weighted by Crippen LogP contribution is 2.30. The van der Waals surface area contributed by atoms with E-state index in [0.717, 1.165) is 31.5 Å². The predicted octanol–water partition coefficient (Wildman–Crippen LogP) is 4.68. The van der Waals surface area contributed by atoms with Gasteiger partial charge >= 0.3 is 6.01 Å². The third-order valence-corrected chi connectivity index (χ3v) is 5.87. The van der Waals surface area contributed by atoms with Crippen LogP contribution in [0, 0.1) is 17.5 Å². The summed E-state index contributed by atoms with van der Waals surface area (Å²) in [5.74, 6) is -1.16. The summed E-state index contributed by atoms with van der Waals surface area (Å²) in [4.78, 5) is 19.4. The number of halogens is 3. The van der Waals surface area contributed by atoms with E-state index in [1.165, 1.54) is 19.4 Å². The number of methoxy groups -OCH3 is 1. The Balaban J connectivity index is 1.34. The summed E-state index contributed by atoms with van der Waals surface area (Å²) in [5.41, 5.74) is 0.527. The van der Waals surface area contributed by atoms with Crippen LogP contribution in [0.2, 0.25) is 0 Å². The molecule has 5 rings (SSSR count). The van der Waals surface area contributed by atoms with Crippen molar-refractivity contribution in [2.45, 2.75) is 37.8 Å². The maximum atomic E-state index is 14.6. The van der Waals surface area contributed by atoms with Crippen molar-refractivity contribution < 1.29 is 17.9 Å². The molecule has 34 heavy (non-hydrogen) atoms. The first-order valence-corrected chi connectivity index (χ1v) is 10.9. The van der Waals surface area contributed by atoms with Gasteiger partial charge in [-0.3, -0.25) is 0 Å². The van der Waals surface area contributed by atoms with Gasteiger partial charge in [0.25, 0.3) is 0 Å². The molecule has 1 aliphatic carbocycles. The maximum absolute atomic E-state index is 14.6. The molecular weight excluding hydrogens is 447 g/mol. The molecule has 1 fully saturated rings. The number of aromatic nitrogens is 5. The van der Waals surface area contributed by atoms with Crippen LogP contribution in [0.3, 0.4) is 0 Å². The maximum Gasteiger partial charge on any atom is 0.318 e. The van der Waals surface area contributed by atoms with Crippen molar-refractivity contribution >= 4 is 22.5 Å². The Bertz CT molecular complexity index is 1330. The van der Waals surface area contributed by atoms with Gasteiger partial charge < -0.3 is 20.4 Å². The molecule has 176 valence electrons. The van der Waals surface area contributed by atoms with Crippen LogP contribution in [0.5, 0.6) is 6.01 Å². The molecule has 1 aromatic carbocycles. The SMILES string of the molecule is COc1nccc(NC2CCCC(Nc3nc(-c4c[nH]c5c(F)cc(F)cc45)ncc3F)C2)n1. The Morgan fingerprint density at radius 3 is 2.68 bits per heavy atom. The minimum Gasteiger partial charge on any atom is -0.467 e. The molecule has 0 amide bonds. The van der Waals surface area contributed by atoms with Crippen molar-refractivity contribution in [3.05, 3.63) is 54.2 Å². The molecule has 3 heterocycles. The van der Waals surface area contributed by atoms with Gasteiger partial charge in [0.1, 0.15) is 17.5 Å². The number of hydrogen-bond acceptors (Lipinski definition) is 7. The van der Waals surface area contributed by atoms with Crippen molar-refractivity contribution in [3.63, 3.8) is 0 Å². The van der Waals surface area contributed by atoms with E-state index in [4.69, 9.17) is 4.74 Å². The molecule has 4 aromatic rings. The van der Waals surface area contributed by atoms with Gasteiger partial charge in [0, 0.05) is 41.5 Å². The molecule has 0 aliphatic heterocycles. The van der Waals surface area contributed by atoms with E-state index < -0.39 is 17.5 Å². The quantitative estimate of drug-likeness (QED) is 0.377. The van der Waals surface area contributed by atoms with Crippen LogP contribution in [-0.2, 0) is 0 Å². The molecule has 2 unspecified atom stereocenters. The molecule has 3 aromatic heterocycles. The topological polar surface area (TPSA) is 101 Å². The summed E-state index contributed by atoms with van der Waals surface area (Å²) in [6.45, 7) is 0. The Morgan fingerprint density at radius 1 is 1.03 bits per heavy atom. The Kier molecular flexibility index (Phi) is 5.91. The lowest BCUT2D eigenvalue weighted by Crippen LogP contribution is -2.35. The Labute approximate surface area is 193 Å². The summed E-state index contributed by atoms with van der Waals surface area (Å²) in [6, 6.07) is 4.13. The first-order valence-electron chi connectivity index (χ1n) is 10.9. The van der Waals surface area contributed by atoms with E-state index in [9.17, 15) is 13.2 Å². The average Bonchev–Trinajstić information content (AvgIpc) is 3.25. The van der Waals surface area contributed by atoms with E-state index in [0.29, 0.717) is 17.8 Å². The molecule has 2 atom stereocenters. The Morgan fingerprint density at radius 2 is 1.85 bits per heavy atom. The van der Waals surface area contributed by atoms with Gasteiger partial charge in [-0.2, -0.15) is 4.98 Å². The van der Waals surface area contributed by atoms with Crippen LogP contribution in [0.15, 0.2) is 36.8 Å². The zero-order valence-electron chi connectivity index (χ0n) is 18.3. The van der Waals surface area contributed by atoms with E-state index >= 15 is 0 Å². The highest BCUT2D eigenvalue weighted by atomic mass is 19.1. The number of anilines is 2. The third-order valence-electron chi connectivity index (χ3n) is 5.87. The van der Waals surface area contributed by atoms with Crippen LogP contribution in [0.25, 0.3) is 22.3 Å². The number of hydrogen-bond donors (Lipinski definition) is 3. The second-order valence-electron chi connectivity index (χ2n) is 8.18. The van der Waals surface area contributed by atoms with E-state index in [1.54, 1.807) is 12.3 Å². The third kappa shape index (κ3) is 4.45. The van der Waals surface area contributed by atoms with Crippen LogP contribution in [0.1, 0.15) is 25.7 Å². The largest absolute Gasteiger partial charge is 0.467 e. The van der Waals surface area contributed by atoms with Gasteiger partial charge in [0.05, 0.1) is 18.8 Å². The predicted molar refractivity (Wildman–Crippen MR) is 121 cm³/mol. The van der Waals surface area contributed by atoms with Crippen LogP contribution >= 0.6 is 0 Å². The highest BCUT2D eigenvalue weighted by Gasteiger charge is 2.24. The van der Waals surface area contributed by atoms with E-state index in [-0.39, 0.29) is 40.6 Å². The van der Waals surface area contributed by atoms with Crippen molar-refractivity contribution in [2.24, 2.45) is 0 Å². The number of rotatable bonds is 6. The van der Waals surface area contributed by atoms with Gasteiger partial charge in [-0.05, 0) is 37.8 Å². The number of nitrogens with zero attached hydrogens (tertiary/aromatic N) is 4. The summed E-state index contributed by atoms with van der Waals surface area (Å²) in [5, 5.41) is 6.85. The first-order chi connectivity index (χ1) is 16.5. The second kappa shape index (κ2) is 9.16. The van der Waals surface area contributed by atoms with Gasteiger partial charge in [0.15, 0.2) is 17.5 Å². The molecule has 1 aliphatic rings. The highest BCUT2D eigenvalue weighted by molar-refractivity contribution is 5.94. The molecular formula is C23H22F3N7O. The fourth-order valence-corrected chi connectivity index (χ4v) is 4.31. The number of nitrogens with one attached hydrogen (secondary N) is 3. The molecule has 11 heteroatoms. The zero-order valence-corrected chi connectivity index (χ0v) is 18.3.